The molecule has 0 spiro atoms. The minimum Gasteiger partial charge on any atom is -0.356 e. The molecule has 2 bridgehead atoms. The zero-order chi connectivity index (χ0) is 20.9. The molecule has 6 nitrogen and oxygen atoms in total. The van der Waals surface area contributed by atoms with E-state index in [1.165, 1.54) is 16.9 Å². The van der Waals surface area contributed by atoms with E-state index < -0.39 is 0 Å². The van der Waals surface area contributed by atoms with E-state index in [4.69, 9.17) is 0 Å². The van der Waals surface area contributed by atoms with Crippen LogP contribution in [0.2, 0.25) is 0 Å². The highest BCUT2D eigenvalue weighted by molar-refractivity contribution is 14.0. The highest BCUT2D eigenvalue weighted by atomic mass is 127. The van der Waals surface area contributed by atoms with Crippen molar-refractivity contribution < 1.29 is 9.59 Å². The maximum absolute atomic E-state index is 12.7. The molecule has 2 fully saturated rings. The summed E-state index contributed by atoms with van der Waals surface area (Å²) in [6.07, 6.45) is 9.77. The first-order valence-corrected chi connectivity index (χ1v) is 11.2. The molecular formula is C24H33IN4O2. The number of benzene rings is 1. The number of allylic oxidation sites excluding steroid dienone is 2. The summed E-state index contributed by atoms with van der Waals surface area (Å²) in [5.74, 6) is 1.08. The number of aliphatic imine (C=N–C) groups is 1. The molecule has 2 N–H and O–H groups in total. The zero-order valence-corrected chi connectivity index (χ0v) is 20.5. The number of fused-ring (bicyclic) bond motifs is 5. The van der Waals surface area contributed by atoms with Crippen molar-refractivity contribution in [2.45, 2.75) is 32.1 Å². The molecule has 1 aliphatic heterocycles. The quantitative estimate of drug-likeness (QED) is 0.127. The van der Waals surface area contributed by atoms with Gasteiger partial charge in [-0.1, -0.05) is 48.9 Å². The van der Waals surface area contributed by atoms with Crippen LogP contribution in [0.3, 0.4) is 0 Å². The number of guanidine groups is 1. The average molecular weight is 536 g/mol. The number of carbonyl (C=O) groups excluding carboxylic acids is 2. The lowest BCUT2D eigenvalue weighted by Gasteiger charge is -2.18. The van der Waals surface area contributed by atoms with E-state index in [2.05, 4.69) is 52.0 Å². The van der Waals surface area contributed by atoms with Gasteiger partial charge in [-0.25, -0.2) is 0 Å². The van der Waals surface area contributed by atoms with Gasteiger partial charge in [0.05, 0.1) is 11.8 Å². The fraction of sp³-hybridized carbons (Fsp3) is 0.542. The van der Waals surface area contributed by atoms with Crippen molar-refractivity contribution in [3.63, 3.8) is 0 Å². The first-order valence-electron chi connectivity index (χ1n) is 11.2. The summed E-state index contributed by atoms with van der Waals surface area (Å²) in [5, 5.41) is 6.56. The molecule has 4 unspecified atom stereocenters. The van der Waals surface area contributed by atoms with Crippen molar-refractivity contribution >= 4 is 41.8 Å². The van der Waals surface area contributed by atoms with Gasteiger partial charge < -0.3 is 10.6 Å². The monoisotopic (exact) mass is 536 g/mol. The van der Waals surface area contributed by atoms with Crippen LogP contribution in [0.4, 0.5) is 0 Å². The van der Waals surface area contributed by atoms with Crippen molar-refractivity contribution in [1.29, 1.82) is 0 Å². The number of rotatable bonds is 9. The standard InChI is InChI=1S/C24H32N4O2.HI/c1-25-24(26-13-7-3-6-10-17-8-4-2-5-9-17)27-14-15-28-22(29)20-18-11-12-19(16-18)21(20)23(28)30;/h2,4-5,8-9,11-12,18-21H,3,6-7,10,13-16H2,1H3,(H2,25,26,27);1H. The molecule has 1 saturated heterocycles. The second kappa shape index (κ2) is 11.1. The Hall–Kier alpha value is -1.90. The van der Waals surface area contributed by atoms with Crippen LogP contribution in [-0.2, 0) is 16.0 Å². The third kappa shape index (κ3) is 5.30. The molecule has 0 radical (unpaired) electrons. The number of nitrogens with one attached hydrogen (secondary N) is 2. The van der Waals surface area contributed by atoms with Crippen LogP contribution in [0.1, 0.15) is 31.2 Å². The summed E-state index contributed by atoms with van der Waals surface area (Å²) >= 11 is 0. The van der Waals surface area contributed by atoms with E-state index in [0.29, 0.717) is 13.1 Å². The lowest BCUT2D eigenvalue weighted by atomic mass is 9.85. The summed E-state index contributed by atoms with van der Waals surface area (Å²) in [6, 6.07) is 10.6. The van der Waals surface area contributed by atoms with Gasteiger partial charge in [0.25, 0.3) is 0 Å². The van der Waals surface area contributed by atoms with E-state index in [-0.39, 0.29) is 59.5 Å². The van der Waals surface area contributed by atoms with Crippen LogP contribution in [0, 0.1) is 23.7 Å². The van der Waals surface area contributed by atoms with E-state index in [1.54, 1.807) is 7.05 Å². The molecule has 1 aromatic rings. The third-order valence-corrected chi connectivity index (χ3v) is 6.69. The topological polar surface area (TPSA) is 73.8 Å². The van der Waals surface area contributed by atoms with Crippen molar-refractivity contribution in [3.8, 4) is 0 Å². The van der Waals surface area contributed by atoms with Gasteiger partial charge in [-0.2, -0.15) is 0 Å². The summed E-state index contributed by atoms with van der Waals surface area (Å²) in [5.41, 5.74) is 1.39. The van der Waals surface area contributed by atoms with Gasteiger partial charge in [0.2, 0.25) is 11.8 Å². The maximum atomic E-state index is 12.7. The average Bonchev–Trinajstić information content (AvgIpc) is 3.45. The minimum absolute atomic E-state index is 0. The predicted octanol–water partition coefficient (Wildman–Crippen LogP) is 2.99. The molecule has 1 heterocycles. The van der Waals surface area contributed by atoms with Gasteiger partial charge in [0, 0.05) is 26.7 Å². The number of aryl methyl sites for hydroxylation is 1. The molecule has 0 aromatic heterocycles. The van der Waals surface area contributed by atoms with E-state index in [9.17, 15) is 9.59 Å². The Morgan fingerprint density at radius 1 is 0.968 bits per heavy atom. The Labute approximate surface area is 202 Å². The number of nitrogens with zero attached hydrogens (tertiary/aromatic N) is 2. The van der Waals surface area contributed by atoms with Crippen LogP contribution in [0.15, 0.2) is 47.5 Å². The molecule has 3 aliphatic rings. The van der Waals surface area contributed by atoms with Gasteiger partial charge in [0.15, 0.2) is 5.96 Å². The van der Waals surface area contributed by atoms with Crippen molar-refractivity contribution in [1.82, 2.24) is 15.5 Å². The van der Waals surface area contributed by atoms with E-state index in [1.807, 2.05) is 6.07 Å². The summed E-state index contributed by atoms with van der Waals surface area (Å²) in [7, 11) is 1.74. The van der Waals surface area contributed by atoms with Gasteiger partial charge in [-0.15, -0.1) is 24.0 Å². The largest absolute Gasteiger partial charge is 0.356 e. The Morgan fingerprint density at radius 3 is 2.26 bits per heavy atom. The van der Waals surface area contributed by atoms with Crippen molar-refractivity contribution in [2.24, 2.45) is 28.7 Å². The molecule has 4 atom stereocenters. The summed E-state index contributed by atoms with van der Waals surface area (Å²) in [6.45, 7) is 1.78. The fourth-order valence-electron chi connectivity index (χ4n) is 5.17. The van der Waals surface area contributed by atoms with Crippen LogP contribution in [0.5, 0.6) is 0 Å². The SMILES string of the molecule is CN=C(NCCCCCc1ccccc1)NCCN1C(=O)C2C3C=CC(C3)C2C1=O.I. The molecule has 7 heteroatoms. The van der Waals surface area contributed by atoms with Gasteiger partial charge in [0.1, 0.15) is 0 Å². The second-order valence-corrected chi connectivity index (χ2v) is 8.55. The molecule has 2 amide bonds. The van der Waals surface area contributed by atoms with Crippen molar-refractivity contribution in [3.05, 3.63) is 48.0 Å². The molecule has 1 saturated carbocycles. The maximum Gasteiger partial charge on any atom is 0.233 e. The number of hydrogen-bond acceptors (Lipinski definition) is 3. The van der Waals surface area contributed by atoms with Crippen LogP contribution >= 0.6 is 24.0 Å². The molecule has 168 valence electrons. The van der Waals surface area contributed by atoms with Gasteiger partial charge in [-0.05, 0) is 43.1 Å². The number of likely N-dealkylation sites (tertiary alicyclic amines) is 1. The van der Waals surface area contributed by atoms with Gasteiger partial charge >= 0.3 is 0 Å². The smallest absolute Gasteiger partial charge is 0.233 e. The molecule has 4 rings (SSSR count). The summed E-state index contributed by atoms with van der Waals surface area (Å²) in [4.78, 5) is 31.1. The molecule has 31 heavy (non-hydrogen) atoms. The van der Waals surface area contributed by atoms with Crippen LogP contribution in [-0.4, -0.2) is 49.4 Å². The van der Waals surface area contributed by atoms with Crippen LogP contribution < -0.4 is 10.6 Å². The van der Waals surface area contributed by atoms with E-state index >= 15 is 0 Å². The number of amides is 2. The lowest BCUT2D eigenvalue weighted by Crippen LogP contribution is -2.43. The number of hydrogen-bond donors (Lipinski definition) is 2. The fourth-order valence-corrected chi connectivity index (χ4v) is 5.17. The first kappa shape index (κ1) is 23.8. The highest BCUT2D eigenvalue weighted by Crippen LogP contribution is 2.52. The lowest BCUT2D eigenvalue weighted by molar-refractivity contribution is -0.140. The minimum atomic E-state index is -0.110. The Bertz CT molecular complexity index is 796. The number of unbranched alkanes of at least 4 members (excludes halogenated alkanes) is 2. The van der Waals surface area contributed by atoms with E-state index in [0.717, 1.165) is 38.2 Å². The third-order valence-electron chi connectivity index (χ3n) is 6.69. The first-order chi connectivity index (χ1) is 14.7. The zero-order valence-electron chi connectivity index (χ0n) is 18.1. The predicted molar refractivity (Wildman–Crippen MR) is 133 cm³/mol. The summed E-state index contributed by atoms with van der Waals surface area (Å²) < 4.78 is 0. The number of carbonyl (C=O) groups is 2. The Morgan fingerprint density at radius 2 is 1.61 bits per heavy atom. The van der Waals surface area contributed by atoms with Crippen LogP contribution in [0.25, 0.3) is 0 Å². The normalized spacial score (nSPS) is 26.2. The second-order valence-electron chi connectivity index (χ2n) is 8.55. The Kier molecular flexibility index (Phi) is 8.51. The number of imide groups is 1. The molecule has 2 aliphatic carbocycles. The number of halogens is 1. The highest BCUT2D eigenvalue weighted by Gasteiger charge is 2.58. The molecular weight excluding hydrogens is 503 g/mol. The van der Waals surface area contributed by atoms with Gasteiger partial charge in [-0.3, -0.25) is 19.5 Å². The van der Waals surface area contributed by atoms with Crippen molar-refractivity contribution in [2.75, 3.05) is 26.7 Å². The Balaban J connectivity index is 0.00000272. The molecule has 1 aromatic carbocycles.